The van der Waals surface area contributed by atoms with E-state index in [1.165, 1.54) is 0 Å². The number of benzene rings is 1. The van der Waals surface area contributed by atoms with Gasteiger partial charge in [0.2, 0.25) is 5.91 Å². The molecule has 1 atom stereocenters. The summed E-state index contributed by atoms with van der Waals surface area (Å²) in [5.74, 6) is -0.121. The number of carbonyl (C=O) groups excluding carboxylic acids is 2. The van der Waals surface area contributed by atoms with Crippen LogP contribution in [0.4, 0.5) is 4.79 Å². The second-order valence-corrected chi connectivity index (χ2v) is 6.58. The molecule has 2 amide bonds. The number of nitrogens with zero attached hydrogens (tertiary/aromatic N) is 2. The van der Waals surface area contributed by atoms with Gasteiger partial charge in [-0.3, -0.25) is 4.79 Å². The number of halogens is 1. The van der Waals surface area contributed by atoms with Crippen molar-refractivity contribution in [3.8, 4) is 0 Å². The fourth-order valence-electron chi connectivity index (χ4n) is 3.14. The van der Waals surface area contributed by atoms with Gasteiger partial charge >= 0.3 is 6.09 Å². The van der Waals surface area contributed by atoms with Gasteiger partial charge in [-0.05, 0) is 32.3 Å². The Hall–Kier alpha value is -1.75. The number of hydrogen-bond acceptors (Lipinski definition) is 3. The van der Waals surface area contributed by atoms with Crippen LogP contribution in [0.2, 0.25) is 0 Å². The second kappa shape index (κ2) is 8.92. The molecule has 1 aliphatic rings. The number of amides is 2. The standard InChI is InChI=1S/C18H25ClN2O3/c1-14(2)21(17(22)11-19)16-9-6-10-20(12-16)18(23)24-13-15-7-4-3-5-8-15/h3-5,7-8,14,16H,6,9-13H2,1-2H3. The van der Waals surface area contributed by atoms with Gasteiger partial charge in [0.05, 0.1) is 0 Å². The van der Waals surface area contributed by atoms with Gasteiger partial charge in [0, 0.05) is 25.2 Å². The van der Waals surface area contributed by atoms with Crippen molar-refractivity contribution in [3.63, 3.8) is 0 Å². The zero-order chi connectivity index (χ0) is 17.5. The average Bonchev–Trinajstić information content (AvgIpc) is 2.60. The third-order valence-corrected chi connectivity index (χ3v) is 4.44. The molecule has 1 saturated heterocycles. The van der Waals surface area contributed by atoms with E-state index in [9.17, 15) is 9.59 Å². The van der Waals surface area contributed by atoms with E-state index in [2.05, 4.69) is 0 Å². The Kier molecular flexibility index (Phi) is 6.91. The van der Waals surface area contributed by atoms with E-state index in [1.54, 1.807) is 9.80 Å². The Morgan fingerprint density at radius 2 is 2.04 bits per heavy atom. The van der Waals surface area contributed by atoms with Crippen molar-refractivity contribution >= 4 is 23.6 Å². The first-order chi connectivity index (χ1) is 11.5. The Balaban J connectivity index is 1.94. The number of ether oxygens (including phenoxy) is 1. The van der Waals surface area contributed by atoms with Crippen molar-refractivity contribution in [3.05, 3.63) is 35.9 Å². The van der Waals surface area contributed by atoms with Gasteiger partial charge in [0.15, 0.2) is 0 Å². The van der Waals surface area contributed by atoms with E-state index in [-0.39, 0.29) is 36.6 Å². The highest BCUT2D eigenvalue weighted by Gasteiger charge is 2.32. The van der Waals surface area contributed by atoms with Crippen molar-refractivity contribution in [2.75, 3.05) is 19.0 Å². The summed E-state index contributed by atoms with van der Waals surface area (Å²) in [5.41, 5.74) is 0.959. The van der Waals surface area contributed by atoms with Crippen LogP contribution in [0.3, 0.4) is 0 Å². The number of alkyl halides is 1. The van der Waals surface area contributed by atoms with Crippen LogP contribution in [0, 0.1) is 0 Å². The molecule has 24 heavy (non-hydrogen) atoms. The van der Waals surface area contributed by atoms with Gasteiger partial charge < -0.3 is 14.5 Å². The number of carbonyl (C=O) groups is 2. The molecule has 6 heteroatoms. The first kappa shape index (κ1) is 18.6. The summed E-state index contributed by atoms with van der Waals surface area (Å²) in [6.45, 7) is 5.35. The number of rotatable bonds is 5. The lowest BCUT2D eigenvalue weighted by atomic mass is 10.0. The molecule has 1 unspecified atom stereocenters. The molecule has 0 bridgehead atoms. The summed E-state index contributed by atoms with van der Waals surface area (Å²) in [6.07, 6.45) is 1.40. The fourth-order valence-corrected chi connectivity index (χ4v) is 3.28. The van der Waals surface area contributed by atoms with Gasteiger partial charge in [0.1, 0.15) is 12.5 Å². The monoisotopic (exact) mass is 352 g/mol. The first-order valence-corrected chi connectivity index (χ1v) is 8.89. The van der Waals surface area contributed by atoms with Crippen LogP contribution in [-0.4, -0.2) is 52.9 Å². The van der Waals surface area contributed by atoms with Crippen molar-refractivity contribution < 1.29 is 14.3 Å². The molecule has 1 aromatic carbocycles. The molecule has 2 rings (SSSR count). The summed E-state index contributed by atoms with van der Waals surface area (Å²) < 4.78 is 5.40. The van der Waals surface area contributed by atoms with E-state index >= 15 is 0 Å². The Morgan fingerprint density at radius 3 is 2.67 bits per heavy atom. The smallest absolute Gasteiger partial charge is 0.410 e. The van der Waals surface area contributed by atoms with E-state index in [0.29, 0.717) is 13.1 Å². The molecule has 1 aromatic rings. The minimum Gasteiger partial charge on any atom is -0.445 e. The van der Waals surface area contributed by atoms with Crippen molar-refractivity contribution in [2.24, 2.45) is 0 Å². The molecule has 0 N–H and O–H groups in total. The topological polar surface area (TPSA) is 49.9 Å². The maximum Gasteiger partial charge on any atom is 0.410 e. The normalized spacial score (nSPS) is 17.7. The van der Waals surface area contributed by atoms with E-state index in [4.69, 9.17) is 16.3 Å². The fraction of sp³-hybridized carbons (Fsp3) is 0.556. The lowest BCUT2D eigenvalue weighted by Gasteiger charge is -2.40. The van der Waals surface area contributed by atoms with Crippen molar-refractivity contribution in [1.29, 1.82) is 0 Å². The van der Waals surface area contributed by atoms with E-state index < -0.39 is 0 Å². The summed E-state index contributed by atoms with van der Waals surface area (Å²) in [4.78, 5) is 27.9. The molecule has 0 spiro atoms. The van der Waals surface area contributed by atoms with Gasteiger partial charge in [-0.2, -0.15) is 0 Å². The third kappa shape index (κ3) is 4.87. The predicted octanol–water partition coefficient (Wildman–Crippen LogP) is 3.26. The predicted molar refractivity (Wildman–Crippen MR) is 93.9 cm³/mol. The largest absolute Gasteiger partial charge is 0.445 e. The number of piperidine rings is 1. The highest BCUT2D eigenvalue weighted by Crippen LogP contribution is 2.20. The lowest BCUT2D eigenvalue weighted by Crippen LogP contribution is -2.54. The number of hydrogen-bond donors (Lipinski definition) is 0. The van der Waals surface area contributed by atoms with Crippen LogP contribution in [-0.2, 0) is 16.1 Å². The minimum atomic E-state index is -0.328. The highest BCUT2D eigenvalue weighted by molar-refractivity contribution is 6.27. The molecular formula is C18H25ClN2O3. The van der Waals surface area contributed by atoms with E-state index in [0.717, 1.165) is 18.4 Å². The number of likely N-dealkylation sites (tertiary alicyclic amines) is 1. The van der Waals surface area contributed by atoms with Gasteiger partial charge in [-0.1, -0.05) is 30.3 Å². The Bertz CT molecular complexity index is 550. The molecule has 1 heterocycles. The molecule has 0 aliphatic carbocycles. The summed E-state index contributed by atoms with van der Waals surface area (Å²) in [7, 11) is 0. The van der Waals surface area contributed by atoms with Crippen LogP contribution in [0.15, 0.2) is 30.3 Å². The molecule has 0 radical (unpaired) electrons. The molecule has 0 aromatic heterocycles. The van der Waals surface area contributed by atoms with Gasteiger partial charge in [0.25, 0.3) is 0 Å². The van der Waals surface area contributed by atoms with Crippen LogP contribution in [0.5, 0.6) is 0 Å². The van der Waals surface area contributed by atoms with Crippen LogP contribution >= 0.6 is 11.6 Å². The van der Waals surface area contributed by atoms with Crippen LogP contribution in [0.1, 0.15) is 32.3 Å². The van der Waals surface area contributed by atoms with Gasteiger partial charge in [-0.25, -0.2) is 4.79 Å². The molecule has 1 fully saturated rings. The molecular weight excluding hydrogens is 328 g/mol. The summed E-state index contributed by atoms with van der Waals surface area (Å²) in [5, 5.41) is 0. The van der Waals surface area contributed by atoms with Crippen molar-refractivity contribution in [2.45, 2.75) is 45.4 Å². The minimum absolute atomic E-state index is 0.00530. The van der Waals surface area contributed by atoms with Crippen LogP contribution < -0.4 is 0 Å². The third-order valence-electron chi connectivity index (χ3n) is 4.21. The first-order valence-electron chi connectivity index (χ1n) is 8.35. The maximum atomic E-state index is 12.3. The van der Waals surface area contributed by atoms with Crippen molar-refractivity contribution in [1.82, 2.24) is 9.80 Å². The quantitative estimate of drug-likeness (QED) is 0.764. The van der Waals surface area contributed by atoms with Gasteiger partial charge in [-0.15, -0.1) is 11.6 Å². The molecule has 0 saturated carbocycles. The highest BCUT2D eigenvalue weighted by atomic mass is 35.5. The summed E-state index contributed by atoms with van der Waals surface area (Å²) >= 11 is 5.73. The molecule has 5 nitrogen and oxygen atoms in total. The maximum absolute atomic E-state index is 12.3. The van der Waals surface area contributed by atoms with Crippen LogP contribution in [0.25, 0.3) is 0 Å². The Morgan fingerprint density at radius 1 is 1.33 bits per heavy atom. The SMILES string of the molecule is CC(C)N(C(=O)CCl)C1CCCN(C(=O)OCc2ccccc2)C1. The molecule has 132 valence electrons. The van der Waals surface area contributed by atoms with E-state index in [1.807, 2.05) is 44.2 Å². The molecule has 1 aliphatic heterocycles. The lowest BCUT2D eigenvalue weighted by molar-refractivity contribution is -0.134. The second-order valence-electron chi connectivity index (χ2n) is 6.31. The zero-order valence-corrected chi connectivity index (χ0v) is 15.0. The zero-order valence-electron chi connectivity index (χ0n) is 14.3. The summed E-state index contributed by atoms with van der Waals surface area (Å²) in [6, 6.07) is 9.65. The Labute approximate surface area is 148 Å². The average molecular weight is 353 g/mol.